The lowest BCUT2D eigenvalue weighted by Crippen LogP contribution is -2.50. The molecule has 6 N–H and O–H groups in total. The number of fused-ring (bicyclic) bond motifs is 3. The van der Waals surface area contributed by atoms with Gasteiger partial charge in [-0.15, -0.1) is 0 Å². The fourth-order valence-electron chi connectivity index (χ4n) is 5.77. The number of nitrogens with zero attached hydrogens (tertiary/aromatic N) is 6. The number of hydrogen-bond acceptors (Lipinski definition) is 12. The number of aromatic nitrogens is 3. The number of phenolic OH excluding ortho intramolecular Hbond substituents is 3. The van der Waals surface area contributed by atoms with Gasteiger partial charge in [-0.1, -0.05) is 54.6 Å². The third-order valence-electron chi connectivity index (χ3n) is 8.49. The van der Waals surface area contributed by atoms with Crippen LogP contribution >= 0.6 is 0 Å². The number of carbonyl (C=O) groups is 3. The van der Waals surface area contributed by atoms with Crippen molar-refractivity contribution in [1.29, 1.82) is 0 Å². The summed E-state index contributed by atoms with van der Waals surface area (Å²) in [6.45, 7) is 1.61. The molecule has 3 aromatic heterocycles. The van der Waals surface area contributed by atoms with Gasteiger partial charge >= 0.3 is 0 Å². The summed E-state index contributed by atoms with van der Waals surface area (Å²) in [5.41, 5.74) is 9.77. The molecule has 15 heteroatoms. The minimum absolute atomic E-state index is 0.0464. The van der Waals surface area contributed by atoms with Crippen molar-refractivity contribution in [3.8, 4) is 17.2 Å². The molecule has 4 heterocycles. The molecule has 51 heavy (non-hydrogen) atoms. The molecule has 15 nitrogen and oxygen atoms in total. The molecule has 0 radical (unpaired) electrons. The lowest BCUT2D eigenvalue weighted by Gasteiger charge is -2.26. The molecule has 1 aliphatic rings. The molecule has 1 saturated heterocycles. The zero-order valence-electron chi connectivity index (χ0n) is 27.2. The zero-order valence-corrected chi connectivity index (χ0v) is 27.2. The third-order valence-corrected chi connectivity index (χ3v) is 8.49. The van der Waals surface area contributed by atoms with Gasteiger partial charge in [-0.05, 0) is 36.4 Å². The normalized spacial score (nSPS) is 14.8. The number of amides is 3. The number of rotatable bonds is 6. The van der Waals surface area contributed by atoms with Crippen LogP contribution in [0.4, 0.5) is 0 Å². The lowest BCUT2D eigenvalue weighted by atomic mass is 10.2. The summed E-state index contributed by atoms with van der Waals surface area (Å²) in [6.07, 6.45) is 0. The summed E-state index contributed by atoms with van der Waals surface area (Å²) in [6, 6.07) is 24.7. The molecule has 3 amide bonds. The van der Waals surface area contributed by atoms with E-state index in [-0.39, 0.29) is 73.6 Å². The van der Waals surface area contributed by atoms with Gasteiger partial charge in [-0.2, -0.15) is 0 Å². The molecule has 3 aromatic carbocycles. The number of pyridine rings is 3. The quantitative estimate of drug-likeness (QED) is 0.150. The van der Waals surface area contributed by atoms with Crippen LogP contribution in [0.15, 0.2) is 91.0 Å². The second kappa shape index (κ2) is 14.2. The molecule has 0 unspecified atom stereocenters. The number of nitrogens with one attached hydrogen (secondary N) is 3. The van der Waals surface area contributed by atoms with Gasteiger partial charge in [0.15, 0.2) is 0 Å². The van der Waals surface area contributed by atoms with Crippen molar-refractivity contribution < 1.29 is 29.7 Å². The molecule has 0 saturated carbocycles. The SMILES string of the molecule is O=C(NN1CCN(NC(=O)c2ccc3cccc(O)c3n2)CCN(NC(=O)c2ccc3cccc(O)c3n2)CC1)c1ccc2cccc(O)c2n1. The average molecular weight is 688 g/mol. The minimum atomic E-state index is -0.508. The summed E-state index contributed by atoms with van der Waals surface area (Å²) >= 11 is 0. The molecule has 7 rings (SSSR count). The third kappa shape index (κ3) is 7.30. The Morgan fingerprint density at radius 1 is 0.431 bits per heavy atom. The first-order valence-corrected chi connectivity index (χ1v) is 16.2. The number of benzene rings is 3. The Balaban J connectivity index is 1.10. The van der Waals surface area contributed by atoms with Crippen LogP contribution in [0.2, 0.25) is 0 Å². The van der Waals surface area contributed by atoms with E-state index in [2.05, 4.69) is 31.2 Å². The summed E-state index contributed by atoms with van der Waals surface area (Å²) in [5, 5.41) is 37.8. The van der Waals surface area contributed by atoms with Crippen molar-refractivity contribution in [3.63, 3.8) is 0 Å². The van der Waals surface area contributed by atoms with Gasteiger partial charge in [-0.3, -0.25) is 30.7 Å². The summed E-state index contributed by atoms with van der Waals surface area (Å²) in [5.74, 6) is -1.66. The van der Waals surface area contributed by atoms with Gasteiger partial charge in [0.1, 0.15) is 50.9 Å². The summed E-state index contributed by atoms with van der Waals surface area (Å²) in [4.78, 5) is 53.2. The highest BCUT2D eigenvalue weighted by molar-refractivity contribution is 5.97. The van der Waals surface area contributed by atoms with Crippen LogP contribution in [0.1, 0.15) is 31.5 Å². The molecule has 6 aromatic rings. The molecule has 1 fully saturated rings. The topological polar surface area (TPSA) is 196 Å². The monoisotopic (exact) mass is 687 g/mol. The highest BCUT2D eigenvalue weighted by Gasteiger charge is 2.23. The number of para-hydroxylation sites is 3. The maximum atomic E-state index is 13.4. The van der Waals surface area contributed by atoms with Crippen molar-refractivity contribution in [3.05, 3.63) is 108 Å². The molecule has 0 spiro atoms. The lowest BCUT2D eigenvalue weighted by molar-refractivity contribution is 0.0687. The van der Waals surface area contributed by atoms with Crippen LogP contribution in [0.25, 0.3) is 32.7 Å². The Labute approximate surface area is 290 Å². The van der Waals surface area contributed by atoms with Crippen molar-refractivity contribution >= 4 is 50.4 Å². The number of aromatic hydroxyl groups is 3. The van der Waals surface area contributed by atoms with Gasteiger partial charge in [-0.25, -0.2) is 30.0 Å². The maximum absolute atomic E-state index is 13.4. The van der Waals surface area contributed by atoms with Crippen LogP contribution in [0, 0.1) is 0 Å². The van der Waals surface area contributed by atoms with E-state index in [1.165, 1.54) is 18.2 Å². The molecule has 1 aliphatic heterocycles. The van der Waals surface area contributed by atoms with E-state index in [0.29, 0.717) is 32.7 Å². The highest BCUT2D eigenvalue weighted by Crippen LogP contribution is 2.24. The fourth-order valence-corrected chi connectivity index (χ4v) is 5.77. The number of hydrazine groups is 3. The molecular formula is C36H33N9O6. The average Bonchev–Trinajstić information content (AvgIpc) is 3.22. The molecule has 0 atom stereocenters. The Morgan fingerprint density at radius 2 is 0.706 bits per heavy atom. The number of hydrogen-bond donors (Lipinski definition) is 6. The van der Waals surface area contributed by atoms with Crippen LogP contribution in [-0.4, -0.2) is 102 Å². The van der Waals surface area contributed by atoms with Crippen molar-refractivity contribution in [1.82, 2.24) is 46.3 Å². The van der Waals surface area contributed by atoms with Gasteiger partial charge in [0.2, 0.25) is 0 Å². The van der Waals surface area contributed by atoms with Crippen LogP contribution in [0.5, 0.6) is 17.2 Å². The van der Waals surface area contributed by atoms with E-state index in [1.807, 2.05) is 0 Å². The summed E-state index contributed by atoms with van der Waals surface area (Å²) < 4.78 is 0. The first kappa shape index (κ1) is 33.1. The van der Waals surface area contributed by atoms with Crippen molar-refractivity contribution in [2.75, 3.05) is 39.3 Å². The predicted molar refractivity (Wildman–Crippen MR) is 187 cm³/mol. The van der Waals surface area contributed by atoms with Gasteiger partial charge in [0, 0.05) is 55.4 Å². The molecule has 0 aliphatic carbocycles. The summed E-state index contributed by atoms with van der Waals surface area (Å²) in [7, 11) is 0. The standard InChI is InChI=1S/C36H33N9O6/c46-28-7-1-4-22-10-13-25(37-31(22)28)34(49)40-43-16-18-44(41-35(50)26-14-11-23-5-2-8-29(47)32(23)38-26)20-21-45(19-17-43)42-36(51)27-15-12-24-6-3-9-30(48)33(24)39-27/h1-15,46-48H,16-21H2,(H,40,49)(H,41,50)(H,42,51). The fraction of sp³-hybridized carbons (Fsp3) is 0.167. The van der Waals surface area contributed by atoms with E-state index >= 15 is 0 Å². The predicted octanol–water partition coefficient (Wildman–Crippen LogP) is 2.70. The van der Waals surface area contributed by atoms with Crippen molar-refractivity contribution in [2.45, 2.75) is 0 Å². The van der Waals surface area contributed by atoms with Crippen LogP contribution < -0.4 is 16.3 Å². The zero-order chi connectivity index (χ0) is 35.5. The van der Waals surface area contributed by atoms with Gasteiger partial charge in [0.25, 0.3) is 17.7 Å². The van der Waals surface area contributed by atoms with E-state index in [1.54, 1.807) is 87.8 Å². The van der Waals surface area contributed by atoms with Crippen molar-refractivity contribution in [2.24, 2.45) is 0 Å². The number of carbonyl (C=O) groups excluding carboxylic acids is 3. The van der Waals surface area contributed by atoms with Gasteiger partial charge in [0.05, 0.1) is 0 Å². The van der Waals surface area contributed by atoms with Crippen LogP contribution in [0.3, 0.4) is 0 Å². The highest BCUT2D eigenvalue weighted by atomic mass is 16.3. The van der Waals surface area contributed by atoms with E-state index < -0.39 is 17.7 Å². The first-order chi connectivity index (χ1) is 24.7. The Hall–Kier alpha value is -6.42. The largest absolute Gasteiger partial charge is 0.506 e. The van der Waals surface area contributed by atoms with Gasteiger partial charge < -0.3 is 15.3 Å². The minimum Gasteiger partial charge on any atom is -0.506 e. The van der Waals surface area contributed by atoms with E-state index in [4.69, 9.17) is 0 Å². The molecule has 0 bridgehead atoms. The Bertz CT molecular complexity index is 2030. The molecule has 258 valence electrons. The first-order valence-electron chi connectivity index (χ1n) is 16.2. The number of phenols is 3. The Kier molecular flexibility index (Phi) is 9.22. The second-order valence-corrected chi connectivity index (χ2v) is 11.9. The smallest absolute Gasteiger partial charge is 0.284 e. The van der Waals surface area contributed by atoms with E-state index in [9.17, 15) is 29.7 Å². The second-order valence-electron chi connectivity index (χ2n) is 11.9. The molecular weight excluding hydrogens is 654 g/mol. The Morgan fingerprint density at radius 3 is 0.980 bits per heavy atom. The maximum Gasteiger partial charge on any atom is 0.284 e. The van der Waals surface area contributed by atoms with E-state index in [0.717, 1.165) is 0 Å². The van der Waals surface area contributed by atoms with Crippen LogP contribution in [-0.2, 0) is 0 Å².